The van der Waals surface area contributed by atoms with E-state index in [2.05, 4.69) is 10.0 Å². The molecule has 0 saturated heterocycles. The molecule has 0 spiro atoms. The smallest absolute Gasteiger partial charge is 0.242 e. The highest BCUT2D eigenvalue weighted by molar-refractivity contribution is 7.89. The van der Waals surface area contributed by atoms with E-state index < -0.39 is 10.0 Å². The highest BCUT2D eigenvalue weighted by Gasteiger charge is 2.19. The van der Waals surface area contributed by atoms with Crippen LogP contribution in [0.25, 0.3) is 0 Å². The molecular formula is C11H16Cl2N2O2S. The van der Waals surface area contributed by atoms with Gasteiger partial charge in [0.2, 0.25) is 10.0 Å². The molecule has 1 aromatic carbocycles. The molecule has 0 heterocycles. The molecule has 2 N–H and O–H groups in total. The summed E-state index contributed by atoms with van der Waals surface area (Å²) in [6.45, 7) is 3.01. The molecule has 1 unspecified atom stereocenters. The minimum atomic E-state index is -3.62. The van der Waals surface area contributed by atoms with Crippen LogP contribution < -0.4 is 10.0 Å². The van der Waals surface area contributed by atoms with E-state index in [4.69, 9.17) is 23.2 Å². The average Bonchev–Trinajstić information content (AvgIpc) is 2.30. The second kappa shape index (κ2) is 6.73. The lowest BCUT2D eigenvalue weighted by atomic mass is 10.2. The number of nitrogens with one attached hydrogen (secondary N) is 2. The van der Waals surface area contributed by atoms with Crippen LogP contribution in [-0.2, 0) is 10.0 Å². The predicted octanol–water partition coefficient (Wildman–Crippen LogP) is 2.13. The number of hydrogen-bond donors (Lipinski definition) is 2. The van der Waals surface area contributed by atoms with Crippen molar-refractivity contribution in [2.45, 2.75) is 11.8 Å². The largest absolute Gasteiger partial charge is 0.319 e. The molecule has 1 atom stereocenters. The van der Waals surface area contributed by atoms with Crippen LogP contribution in [0.2, 0.25) is 10.0 Å². The Bertz CT molecular complexity index is 506. The molecule has 1 aromatic rings. The monoisotopic (exact) mass is 310 g/mol. The first kappa shape index (κ1) is 15.7. The maximum absolute atomic E-state index is 12.0. The van der Waals surface area contributed by atoms with Gasteiger partial charge in [-0.3, -0.25) is 0 Å². The van der Waals surface area contributed by atoms with Gasteiger partial charge in [-0.15, -0.1) is 0 Å². The maximum atomic E-state index is 12.0. The van der Waals surface area contributed by atoms with Crippen molar-refractivity contribution in [1.29, 1.82) is 0 Å². The first-order chi connectivity index (χ1) is 8.38. The Morgan fingerprint density at radius 3 is 2.56 bits per heavy atom. The lowest BCUT2D eigenvalue weighted by Crippen LogP contribution is -2.32. The Hall–Kier alpha value is -0.330. The van der Waals surface area contributed by atoms with Crippen LogP contribution in [0.5, 0.6) is 0 Å². The normalized spacial score (nSPS) is 13.6. The molecule has 0 aliphatic heterocycles. The van der Waals surface area contributed by atoms with E-state index in [1.165, 1.54) is 6.07 Å². The Labute approximate surface area is 118 Å². The molecule has 0 saturated carbocycles. The molecule has 7 heteroatoms. The standard InChI is InChI=1S/C11H16Cl2N2O2S/c1-8(6-14-2)7-15-18(16,17)10-5-3-4-9(12)11(10)13/h3-5,8,14-15H,6-7H2,1-2H3. The van der Waals surface area contributed by atoms with Crippen LogP contribution in [0.3, 0.4) is 0 Å². The van der Waals surface area contributed by atoms with Crippen molar-refractivity contribution >= 4 is 33.2 Å². The Morgan fingerprint density at radius 1 is 1.28 bits per heavy atom. The molecule has 0 amide bonds. The zero-order valence-corrected chi connectivity index (χ0v) is 12.5. The highest BCUT2D eigenvalue weighted by atomic mass is 35.5. The lowest BCUT2D eigenvalue weighted by molar-refractivity contribution is 0.519. The van der Waals surface area contributed by atoms with Gasteiger partial charge in [-0.05, 0) is 31.6 Å². The lowest BCUT2D eigenvalue weighted by Gasteiger charge is -2.13. The van der Waals surface area contributed by atoms with Gasteiger partial charge in [0.1, 0.15) is 4.90 Å². The minimum Gasteiger partial charge on any atom is -0.319 e. The van der Waals surface area contributed by atoms with Gasteiger partial charge >= 0.3 is 0 Å². The zero-order valence-electron chi connectivity index (χ0n) is 10.2. The fourth-order valence-electron chi connectivity index (χ4n) is 1.44. The first-order valence-electron chi connectivity index (χ1n) is 5.46. The fourth-order valence-corrected chi connectivity index (χ4v) is 3.37. The summed E-state index contributed by atoms with van der Waals surface area (Å²) in [5, 5.41) is 3.26. The first-order valence-corrected chi connectivity index (χ1v) is 7.70. The summed E-state index contributed by atoms with van der Waals surface area (Å²) < 4.78 is 26.6. The van der Waals surface area contributed by atoms with E-state index in [1.54, 1.807) is 12.1 Å². The van der Waals surface area contributed by atoms with Gasteiger partial charge in [0, 0.05) is 6.54 Å². The summed E-state index contributed by atoms with van der Waals surface area (Å²) in [6.07, 6.45) is 0. The molecule has 0 aliphatic rings. The topological polar surface area (TPSA) is 58.2 Å². The van der Waals surface area contributed by atoms with Crippen LogP contribution in [0.4, 0.5) is 0 Å². The van der Waals surface area contributed by atoms with E-state index >= 15 is 0 Å². The summed E-state index contributed by atoms with van der Waals surface area (Å²) in [6, 6.07) is 4.53. The molecule has 0 bridgehead atoms. The molecular weight excluding hydrogens is 295 g/mol. The van der Waals surface area contributed by atoms with E-state index in [9.17, 15) is 8.42 Å². The van der Waals surface area contributed by atoms with E-state index in [-0.39, 0.29) is 20.9 Å². The second-order valence-corrected chi connectivity index (χ2v) is 6.59. The van der Waals surface area contributed by atoms with Gasteiger partial charge in [0.25, 0.3) is 0 Å². The second-order valence-electron chi connectivity index (χ2n) is 4.07. The third-order valence-electron chi connectivity index (χ3n) is 2.38. The number of hydrogen-bond acceptors (Lipinski definition) is 3. The van der Waals surface area contributed by atoms with E-state index in [0.717, 1.165) is 6.54 Å². The predicted molar refractivity (Wildman–Crippen MR) is 74.7 cm³/mol. The van der Waals surface area contributed by atoms with E-state index in [1.807, 2.05) is 14.0 Å². The Kier molecular flexibility index (Phi) is 5.88. The SMILES string of the molecule is CNCC(C)CNS(=O)(=O)c1cccc(Cl)c1Cl. The summed E-state index contributed by atoms with van der Waals surface area (Å²) in [5.41, 5.74) is 0. The van der Waals surface area contributed by atoms with Crippen molar-refractivity contribution < 1.29 is 8.42 Å². The summed E-state index contributed by atoms with van der Waals surface area (Å²) in [7, 11) is -1.80. The molecule has 0 aromatic heterocycles. The molecule has 0 radical (unpaired) electrons. The average molecular weight is 311 g/mol. The maximum Gasteiger partial charge on any atom is 0.242 e. The quantitative estimate of drug-likeness (QED) is 0.846. The van der Waals surface area contributed by atoms with Crippen LogP contribution in [0, 0.1) is 5.92 Å². The highest BCUT2D eigenvalue weighted by Crippen LogP contribution is 2.28. The minimum absolute atomic E-state index is 0.00771. The number of benzene rings is 1. The van der Waals surface area contributed by atoms with Crippen molar-refractivity contribution in [3.8, 4) is 0 Å². The molecule has 102 valence electrons. The Morgan fingerprint density at radius 2 is 1.94 bits per heavy atom. The summed E-state index contributed by atoms with van der Waals surface area (Å²) in [4.78, 5) is 0.00771. The fraction of sp³-hybridized carbons (Fsp3) is 0.455. The third-order valence-corrected chi connectivity index (χ3v) is 4.78. The molecule has 4 nitrogen and oxygen atoms in total. The van der Waals surface area contributed by atoms with Crippen LogP contribution >= 0.6 is 23.2 Å². The number of rotatable bonds is 6. The molecule has 0 aliphatic carbocycles. The van der Waals surface area contributed by atoms with Crippen molar-refractivity contribution in [3.63, 3.8) is 0 Å². The van der Waals surface area contributed by atoms with Crippen molar-refractivity contribution in [3.05, 3.63) is 28.2 Å². The van der Waals surface area contributed by atoms with Gasteiger partial charge in [0.15, 0.2) is 0 Å². The zero-order chi connectivity index (χ0) is 13.8. The number of halogens is 2. The van der Waals surface area contributed by atoms with Crippen molar-refractivity contribution in [1.82, 2.24) is 10.0 Å². The van der Waals surface area contributed by atoms with Crippen molar-refractivity contribution in [2.75, 3.05) is 20.1 Å². The van der Waals surface area contributed by atoms with Gasteiger partial charge < -0.3 is 5.32 Å². The van der Waals surface area contributed by atoms with Gasteiger partial charge in [-0.25, -0.2) is 13.1 Å². The van der Waals surface area contributed by atoms with Crippen molar-refractivity contribution in [2.24, 2.45) is 5.92 Å². The molecule has 0 fully saturated rings. The Balaban J connectivity index is 2.84. The number of sulfonamides is 1. The van der Waals surface area contributed by atoms with Gasteiger partial charge in [0.05, 0.1) is 10.0 Å². The van der Waals surface area contributed by atoms with Crippen LogP contribution in [0.1, 0.15) is 6.92 Å². The summed E-state index contributed by atoms with van der Waals surface area (Å²) in [5.74, 6) is 0.183. The van der Waals surface area contributed by atoms with Gasteiger partial charge in [-0.1, -0.05) is 36.2 Å². The van der Waals surface area contributed by atoms with Gasteiger partial charge in [-0.2, -0.15) is 0 Å². The molecule has 1 rings (SSSR count). The van der Waals surface area contributed by atoms with E-state index in [0.29, 0.717) is 6.54 Å². The van der Waals surface area contributed by atoms with Crippen LogP contribution in [0.15, 0.2) is 23.1 Å². The third kappa shape index (κ3) is 4.10. The van der Waals surface area contributed by atoms with Crippen LogP contribution in [-0.4, -0.2) is 28.6 Å². The summed E-state index contributed by atoms with van der Waals surface area (Å²) >= 11 is 11.7. The molecule has 18 heavy (non-hydrogen) atoms.